The van der Waals surface area contributed by atoms with Crippen molar-refractivity contribution in [3.63, 3.8) is 0 Å². The molecule has 3 heterocycles. The predicted molar refractivity (Wildman–Crippen MR) is 147 cm³/mol. The van der Waals surface area contributed by atoms with Gasteiger partial charge >= 0.3 is 12.2 Å². The van der Waals surface area contributed by atoms with E-state index < -0.39 is 47.0 Å². The van der Waals surface area contributed by atoms with Crippen LogP contribution >= 0.6 is 0 Å². The third kappa shape index (κ3) is 8.67. The van der Waals surface area contributed by atoms with E-state index in [4.69, 9.17) is 24.8 Å². The van der Waals surface area contributed by atoms with Gasteiger partial charge in [0.25, 0.3) is 5.91 Å². The van der Waals surface area contributed by atoms with Gasteiger partial charge < -0.3 is 34.1 Å². The molecule has 1 aliphatic rings. The zero-order chi connectivity index (χ0) is 30.9. The molecule has 4 N–H and O–H groups in total. The van der Waals surface area contributed by atoms with E-state index in [1.165, 1.54) is 23.7 Å². The van der Waals surface area contributed by atoms with Crippen molar-refractivity contribution >= 4 is 17.6 Å². The lowest BCUT2D eigenvalue weighted by Gasteiger charge is -2.32. The molecule has 1 aromatic carbocycles. The number of fused-ring (bicyclic) bond motifs is 1. The van der Waals surface area contributed by atoms with Gasteiger partial charge in [0.1, 0.15) is 17.3 Å². The molecule has 0 aliphatic carbocycles. The SMILES string of the molecule is CC.CCC.COC(=O)N1CCOC(Cc2c(-c3c(F)cc(C(=O)NC(O)(O)O)cc3F)nc3cc(C)ccn23)C1. The standard InChI is InChI=1S/C23H24F2N4O7.C3H8.C2H6/c1-12-3-4-29-17(10-14-11-28(5-6-36-14)22(31)35-2)20(26-18(29)7-12)19-15(24)8-13(9-16(19)25)21(30)27-23(32,33)34;1-3-2;1-2/h3-4,7-9,14,32-34H,5-6,10-11H2,1-2H3,(H,27,30);3H2,1-2H3;1-2H3. The number of morpholine rings is 1. The van der Waals surface area contributed by atoms with E-state index in [9.17, 15) is 9.59 Å². The molecule has 4 rings (SSSR count). The summed E-state index contributed by atoms with van der Waals surface area (Å²) in [5.41, 5.74) is 0.572. The Morgan fingerprint density at radius 3 is 2.34 bits per heavy atom. The number of methoxy groups -OCH3 is 1. The van der Waals surface area contributed by atoms with Crippen molar-refractivity contribution in [2.75, 3.05) is 26.8 Å². The first-order valence-electron chi connectivity index (χ1n) is 13.3. The Hall–Kier alpha value is -3.65. The normalized spacial score (nSPS) is 14.9. The number of hydrogen-bond acceptors (Lipinski definition) is 8. The second kappa shape index (κ2) is 14.8. The summed E-state index contributed by atoms with van der Waals surface area (Å²) in [6, 6.07) is 4.91. The van der Waals surface area contributed by atoms with Gasteiger partial charge in [-0.05, 0) is 36.8 Å². The highest BCUT2D eigenvalue weighted by molar-refractivity contribution is 5.95. The minimum Gasteiger partial charge on any atom is -0.453 e. The zero-order valence-corrected chi connectivity index (χ0v) is 24.1. The Balaban J connectivity index is 0.00000110. The fraction of sp³-hybridized carbons (Fsp3) is 0.464. The van der Waals surface area contributed by atoms with E-state index in [-0.39, 0.29) is 25.3 Å². The minimum atomic E-state index is -3.56. The fourth-order valence-electron chi connectivity index (χ4n) is 4.10. The maximum atomic E-state index is 15.2. The van der Waals surface area contributed by atoms with Gasteiger partial charge in [-0.25, -0.2) is 18.6 Å². The number of carbonyl (C=O) groups excluding carboxylic acids is 2. The number of ether oxygens (including phenoxy) is 2. The van der Waals surface area contributed by atoms with Crippen LogP contribution in [0.15, 0.2) is 30.5 Å². The number of imidazole rings is 1. The molecular formula is C28H38F2N4O7. The summed E-state index contributed by atoms with van der Waals surface area (Å²) in [7, 11) is 1.27. The highest BCUT2D eigenvalue weighted by Gasteiger charge is 2.30. The molecule has 0 bridgehead atoms. The van der Waals surface area contributed by atoms with Crippen LogP contribution in [-0.2, 0) is 15.9 Å². The molecule has 11 nitrogen and oxygen atoms in total. The first-order valence-corrected chi connectivity index (χ1v) is 13.3. The Morgan fingerprint density at radius 1 is 1.17 bits per heavy atom. The maximum Gasteiger partial charge on any atom is 0.409 e. The third-order valence-electron chi connectivity index (χ3n) is 5.70. The summed E-state index contributed by atoms with van der Waals surface area (Å²) in [4.78, 5) is 29.9. The molecular weight excluding hydrogens is 542 g/mol. The largest absolute Gasteiger partial charge is 0.453 e. The van der Waals surface area contributed by atoms with E-state index >= 15 is 8.78 Å². The topological polar surface area (TPSA) is 146 Å². The zero-order valence-electron chi connectivity index (χ0n) is 24.1. The van der Waals surface area contributed by atoms with Gasteiger partial charge in [0.05, 0.1) is 43.3 Å². The second-order valence-electron chi connectivity index (χ2n) is 9.06. The monoisotopic (exact) mass is 580 g/mol. The summed E-state index contributed by atoms with van der Waals surface area (Å²) < 4.78 is 42.7. The lowest BCUT2D eigenvalue weighted by molar-refractivity contribution is -0.323. The second-order valence-corrected chi connectivity index (χ2v) is 9.06. The number of aliphatic hydroxyl groups is 3. The molecule has 2 aromatic heterocycles. The quantitative estimate of drug-likeness (QED) is 0.336. The van der Waals surface area contributed by atoms with Crippen LogP contribution < -0.4 is 5.32 Å². The molecule has 3 aromatic rings. The van der Waals surface area contributed by atoms with Crippen molar-refractivity contribution in [1.29, 1.82) is 0 Å². The first-order chi connectivity index (χ1) is 19.4. The lowest BCUT2D eigenvalue weighted by atomic mass is 10.0. The Labute approximate surface area is 237 Å². The fourth-order valence-corrected chi connectivity index (χ4v) is 4.10. The number of aromatic nitrogens is 2. The molecule has 1 atom stereocenters. The summed E-state index contributed by atoms with van der Waals surface area (Å²) in [6.07, 6.45) is -1.48. The molecule has 1 unspecified atom stereocenters. The van der Waals surface area contributed by atoms with Gasteiger partial charge in [0.15, 0.2) is 0 Å². The van der Waals surface area contributed by atoms with Gasteiger partial charge in [-0.15, -0.1) is 0 Å². The van der Waals surface area contributed by atoms with Gasteiger partial charge in [0, 0.05) is 24.7 Å². The number of pyridine rings is 1. The number of nitrogens with one attached hydrogen (secondary N) is 1. The number of halogens is 2. The number of amides is 2. The average molecular weight is 581 g/mol. The summed E-state index contributed by atoms with van der Waals surface area (Å²) in [6.45, 7) is 10.9. The van der Waals surface area contributed by atoms with Gasteiger partial charge in [-0.2, -0.15) is 0 Å². The van der Waals surface area contributed by atoms with Gasteiger partial charge in [-0.3, -0.25) is 10.1 Å². The molecule has 2 amide bonds. The molecule has 1 aliphatic heterocycles. The highest BCUT2D eigenvalue weighted by Crippen LogP contribution is 2.32. The molecule has 0 spiro atoms. The van der Waals surface area contributed by atoms with Crippen molar-refractivity contribution in [2.45, 2.75) is 59.7 Å². The van der Waals surface area contributed by atoms with Crippen LogP contribution in [0.4, 0.5) is 13.6 Å². The van der Waals surface area contributed by atoms with Crippen molar-refractivity contribution in [3.8, 4) is 11.3 Å². The minimum absolute atomic E-state index is 0.0258. The molecule has 1 saturated heterocycles. The maximum absolute atomic E-state index is 15.2. The highest BCUT2D eigenvalue weighted by atomic mass is 19.1. The number of benzene rings is 1. The van der Waals surface area contributed by atoms with Crippen LogP contribution in [-0.4, -0.2) is 80.6 Å². The van der Waals surface area contributed by atoms with E-state index in [1.807, 2.05) is 20.8 Å². The van der Waals surface area contributed by atoms with Crippen LogP contribution in [0.25, 0.3) is 16.9 Å². The predicted octanol–water partition coefficient (Wildman–Crippen LogP) is 3.36. The third-order valence-corrected chi connectivity index (χ3v) is 5.70. The molecule has 13 heteroatoms. The molecule has 226 valence electrons. The number of rotatable bonds is 5. The summed E-state index contributed by atoms with van der Waals surface area (Å²) >= 11 is 0. The van der Waals surface area contributed by atoms with Crippen LogP contribution in [0.2, 0.25) is 0 Å². The molecule has 1 fully saturated rings. The number of nitrogens with zero attached hydrogens (tertiary/aromatic N) is 3. The van der Waals surface area contributed by atoms with Crippen molar-refractivity contribution in [3.05, 3.63) is 58.9 Å². The van der Waals surface area contributed by atoms with Gasteiger partial charge in [-0.1, -0.05) is 34.1 Å². The van der Waals surface area contributed by atoms with Crippen molar-refractivity contribution in [1.82, 2.24) is 19.6 Å². The van der Waals surface area contributed by atoms with Crippen LogP contribution in [0.1, 0.15) is 55.7 Å². The first kappa shape index (κ1) is 33.6. The number of aryl methyl sites for hydroxylation is 1. The Kier molecular flexibility index (Phi) is 12.1. The average Bonchev–Trinajstić information content (AvgIpc) is 3.25. The Bertz CT molecular complexity index is 1320. The van der Waals surface area contributed by atoms with Crippen LogP contribution in [0.3, 0.4) is 0 Å². The van der Waals surface area contributed by atoms with E-state index in [0.717, 1.165) is 5.56 Å². The van der Waals surface area contributed by atoms with E-state index in [2.05, 4.69) is 18.8 Å². The van der Waals surface area contributed by atoms with Crippen molar-refractivity contribution in [2.24, 2.45) is 0 Å². The van der Waals surface area contributed by atoms with E-state index in [0.29, 0.717) is 30.0 Å². The summed E-state index contributed by atoms with van der Waals surface area (Å²) in [5.74, 6) is -3.60. The van der Waals surface area contributed by atoms with Crippen LogP contribution in [0.5, 0.6) is 0 Å². The van der Waals surface area contributed by atoms with Crippen molar-refractivity contribution < 1.29 is 43.2 Å². The van der Waals surface area contributed by atoms with Crippen LogP contribution in [0, 0.1) is 18.6 Å². The van der Waals surface area contributed by atoms with Gasteiger partial charge in [0.2, 0.25) is 0 Å². The summed E-state index contributed by atoms with van der Waals surface area (Å²) in [5, 5.41) is 28.1. The lowest BCUT2D eigenvalue weighted by Crippen LogP contribution is -2.48. The molecule has 0 radical (unpaired) electrons. The number of carbonyl (C=O) groups is 2. The smallest absolute Gasteiger partial charge is 0.409 e. The Morgan fingerprint density at radius 2 is 1.78 bits per heavy atom. The van der Waals surface area contributed by atoms with E-state index in [1.54, 1.807) is 22.7 Å². The molecule has 0 saturated carbocycles. The molecule has 41 heavy (non-hydrogen) atoms. The number of hydrogen-bond donors (Lipinski definition) is 4.